The highest BCUT2D eigenvalue weighted by atomic mass is 79.9. The van der Waals surface area contributed by atoms with Crippen molar-refractivity contribution in [2.75, 3.05) is 7.11 Å². The number of carbonyl (C=O) groups excluding carboxylic acids is 1. The zero-order valence-electron chi connectivity index (χ0n) is 10.2. The Labute approximate surface area is 121 Å². The summed E-state index contributed by atoms with van der Waals surface area (Å²) in [5.41, 5.74) is 0.214. The van der Waals surface area contributed by atoms with E-state index in [2.05, 4.69) is 25.7 Å². The molecule has 0 aliphatic heterocycles. The molecule has 0 spiro atoms. The van der Waals surface area contributed by atoms with E-state index in [9.17, 15) is 13.6 Å². The molecule has 0 amide bonds. The van der Waals surface area contributed by atoms with E-state index in [-0.39, 0.29) is 17.2 Å². The Morgan fingerprint density at radius 2 is 2.05 bits per heavy atom. The second kappa shape index (κ2) is 5.96. The van der Waals surface area contributed by atoms with Gasteiger partial charge < -0.3 is 9.47 Å². The van der Waals surface area contributed by atoms with Crippen LogP contribution in [0, 0.1) is 11.6 Å². The molecule has 0 atom stereocenters. The summed E-state index contributed by atoms with van der Waals surface area (Å²) in [6.45, 7) is 0. The van der Waals surface area contributed by atoms with Gasteiger partial charge in [-0.15, -0.1) is 0 Å². The topological polar surface area (TPSA) is 48.4 Å². The zero-order valence-corrected chi connectivity index (χ0v) is 11.8. The number of esters is 1. The fraction of sp³-hybridized carbons (Fsp3) is 0.0769. The van der Waals surface area contributed by atoms with E-state index in [0.29, 0.717) is 10.5 Å². The third-order valence-electron chi connectivity index (χ3n) is 2.33. The second-order valence-corrected chi connectivity index (χ2v) is 4.53. The van der Waals surface area contributed by atoms with Crippen molar-refractivity contribution in [1.29, 1.82) is 0 Å². The molecule has 0 saturated carbocycles. The number of methoxy groups -OCH3 is 1. The molecule has 20 heavy (non-hydrogen) atoms. The van der Waals surface area contributed by atoms with Gasteiger partial charge in [0.15, 0.2) is 11.6 Å². The largest absolute Gasteiger partial charge is 0.465 e. The van der Waals surface area contributed by atoms with Gasteiger partial charge in [0.05, 0.1) is 17.1 Å². The number of hydrogen-bond acceptors (Lipinski definition) is 4. The number of aromatic nitrogens is 1. The smallest absolute Gasteiger partial charge is 0.339 e. The Bertz CT molecular complexity index is 664. The minimum Gasteiger partial charge on any atom is -0.465 e. The van der Waals surface area contributed by atoms with Crippen molar-refractivity contribution >= 4 is 21.9 Å². The van der Waals surface area contributed by atoms with Gasteiger partial charge in [-0.05, 0) is 34.1 Å². The maximum atomic E-state index is 13.4. The van der Waals surface area contributed by atoms with Gasteiger partial charge in [-0.3, -0.25) is 0 Å². The highest BCUT2D eigenvalue weighted by Crippen LogP contribution is 2.30. The van der Waals surface area contributed by atoms with Crippen LogP contribution < -0.4 is 4.74 Å². The molecule has 0 fully saturated rings. The minimum atomic E-state index is -0.851. The van der Waals surface area contributed by atoms with Gasteiger partial charge in [0.2, 0.25) is 5.88 Å². The Hall–Kier alpha value is -2.02. The Balaban J connectivity index is 2.28. The van der Waals surface area contributed by atoms with E-state index in [1.165, 1.54) is 19.4 Å². The van der Waals surface area contributed by atoms with Crippen LogP contribution in [0.15, 0.2) is 34.9 Å². The molecular weight excluding hydrogens is 336 g/mol. The molecule has 0 saturated heterocycles. The first kappa shape index (κ1) is 14.4. The SMILES string of the molecule is COC(=O)c1cnc(Oc2ccc(F)cc2F)c(Br)c1. The summed E-state index contributed by atoms with van der Waals surface area (Å²) in [4.78, 5) is 15.2. The Morgan fingerprint density at radius 3 is 2.65 bits per heavy atom. The molecule has 1 aromatic carbocycles. The molecule has 1 heterocycles. The first-order valence-electron chi connectivity index (χ1n) is 5.38. The fourth-order valence-electron chi connectivity index (χ4n) is 1.39. The Morgan fingerprint density at radius 1 is 1.30 bits per heavy atom. The maximum Gasteiger partial charge on any atom is 0.339 e. The molecule has 0 radical (unpaired) electrons. The van der Waals surface area contributed by atoms with Gasteiger partial charge in [0.1, 0.15) is 5.82 Å². The second-order valence-electron chi connectivity index (χ2n) is 3.68. The van der Waals surface area contributed by atoms with Crippen molar-refractivity contribution in [1.82, 2.24) is 4.98 Å². The van der Waals surface area contributed by atoms with Gasteiger partial charge in [-0.25, -0.2) is 18.6 Å². The monoisotopic (exact) mass is 343 g/mol. The van der Waals surface area contributed by atoms with E-state index in [4.69, 9.17) is 4.74 Å². The van der Waals surface area contributed by atoms with Crippen LogP contribution in [-0.2, 0) is 4.74 Å². The average Bonchev–Trinajstić information content (AvgIpc) is 2.42. The number of nitrogens with zero attached hydrogens (tertiary/aromatic N) is 1. The molecule has 2 rings (SSSR count). The highest BCUT2D eigenvalue weighted by molar-refractivity contribution is 9.10. The molecule has 2 aromatic rings. The number of hydrogen-bond donors (Lipinski definition) is 0. The summed E-state index contributed by atoms with van der Waals surface area (Å²) in [5.74, 6) is -2.25. The van der Waals surface area contributed by atoms with Crippen molar-refractivity contribution in [3.8, 4) is 11.6 Å². The number of pyridine rings is 1. The first-order valence-corrected chi connectivity index (χ1v) is 6.17. The highest BCUT2D eigenvalue weighted by Gasteiger charge is 2.13. The van der Waals surface area contributed by atoms with Crippen LogP contribution in [0.25, 0.3) is 0 Å². The van der Waals surface area contributed by atoms with Crippen LogP contribution in [0.2, 0.25) is 0 Å². The number of halogens is 3. The summed E-state index contributed by atoms with van der Waals surface area (Å²) in [6.07, 6.45) is 1.23. The molecule has 0 bridgehead atoms. The van der Waals surface area contributed by atoms with Crippen molar-refractivity contribution in [3.05, 3.63) is 52.1 Å². The molecule has 0 aliphatic carbocycles. The van der Waals surface area contributed by atoms with E-state index in [0.717, 1.165) is 12.1 Å². The van der Waals surface area contributed by atoms with Gasteiger partial charge in [-0.2, -0.15) is 0 Å². The van der Waals surface area contributed by atoms with Crippen LogP contribution in [0.4, 0.5) is 8.78 Å². The van der Waals surface area contributed by atoms with Gasteiger partial charge in [0.25, 0.3) is 0 Å². The Kier molecular flexibility index (Phi) is 4.29. The predicted molar refractivity (Wildman–Crippen MR) is 69.7 cm³/mol. The van der Waals surface area contributed by atoms with E-state index >= 15 is 0 Å². The number of ether oxygens (including phenoxy) is 2. The molecule has 0 N–H and O–H groups in total. The van der Waals surface area contributed by atoms with Crippen molar-refractivity contribution < 1.29 is 23.0 Å². The third-order valence-corrected chi connectivity index (χ3v) is 2.90. The molecule has 1 aromatic heterocycles. The van der Waals surface area contributed by atoms with Crippen LogP contribution in [0.1, 0.15) is 10.4 Å². The molecule has 4 nitrogen and oxygen atoms in total. The molecule has 0 aliphatic rings. The van der Waals surface area contributed by atoms with E-state index in [1.807, 2.05) is 0 Å². The minimum absolute atomic E-state index is 0.0446. The average molecular weight is 344 g/mol. The summed E-state index contributed by atoms with van der Waals surface area (Å²) >= 11 is 3.15. The van der Waals surface area contributed by atoms with Crippen LogP contribution in [0.3, 0.4) is 0 Å². The number of carbonyl (C=O) groups is 1. The van der Waals surface area contributed by atoms with Crippen molar-refractivity contribution in [3.63, 3.8) is 0 Å². The normalized spacial score (nSPS) is 10.2. The zero-order chi connectivity index (χ0) is 14.7. The van der Waals surface area contributed by atoms with Crippen LogP contribution in [0.5, 0.6) is 11.6 Å². The third kappa shape index (κ3) is 3.11. The van der Waals surface area contributed by atoms with Crippen molar-refractivity contribution in [2.24, 2.45) is 0 Å². The van der Waals surface area contributed by atoms with Gasteiger partial charge in [-0.1, -0.05) is 0 Å². The fourth-order valence-corrected chi connectivity index (χ4v) is 1.82. The maximum absolute atomic E-state index is 13.4. The van der Waals surface area contributed by atoms with E-state index in [1.54, 1.807) is 0 Å². The summed E-state index contributed by atoms with van der Waals surface area (Å²) in [5, 5.41) is 0. The summed E-state index contributed by atoms with van der Waals surface area (Å²) in [7, 11) is 1.24. The predicted octanol–water partition coefficient (Wildman–Crippen LogP) is 3.70. The lowest BCUT2D eigenvalue weighted by molar-refractivity contribution is 0.0600. The lowest BCUT2D eigenvalue weighted by atomic mass is 10.3. The van der Waals surface area contributed by atoms with Crippen molar-refractivity contribution in [2.45, 2.75) is 0 Å². The van der Waals surface area contributed by atoms with E-state index < -0.39 is 17.6 Å². The number of benzene rings is 1. The number of rotatable bonds is 3. The van der Waals surface area contributed by atoms with Crippen LogP contribution in [-0.4, -0.2) is 18.1 Å². The molecule has 0 unspecified atom stereocenters. The quantitative estimate of drug-likeness (QED) is 0.797. The lowest BCUT2D eigenvalue weighted by Crippen LogP contribution is -2.02. The molecule has 104 valence electrons. The summed E-state index contributed by atoms with van der Waals surface area (Å²) in [6, 6.07) is 4.34. The molecule has 7 heteroatoms. The standard InChI is InChI=1S/C13H8BrF2NO3/c1-19-13(18)7-4-9(14)12(17-6-7)20-11-3-2-8(15)5-10(11)16/h2-6H,1H3. The lowest BCUT2D eigenvalue weighted by Gasteiger charge is -2.08. The molecular formula is C13H8BrF2NO3. The summed E-state index contributed by atoms with van der Waals surface area (Å²) < 4.78 is 36.3. The first-order chi connectivity index (χ1) is 9.51. The van der Waals surface area contributed by atoms with Crippen LogP contribution >= 0.6 is 15.9 Å². The van der Waals surface area contributed by atoms with Gasteiger partial charge >= 0.3 is 5.97 Å². The van der Waals surface area contributed by atoms with Gasteiger partial charge in [0, 0.05) is 12.3 Å².